The molecule has 0 radical (unpaired) electrons. The van der Waals surface area contributed by atoms with Gasteiger partial charge < -0.3 is 4.57 Å². The number of fused-ring (bicyclic) bond motifs is 3. The van der Waals surface area contributed by atoms with Crippen LogP contribution in [-0.4, -0.2) is 21.3 Å². The zero-order valence-corrected chi connectivity index (χ0v) is 18.5. The first-order valence-electron chi connectivity index (χ1n) is 11.0. The van der Waals surface area contributed by atoms with Gasteiger partial charge in [-0.1, -0.05) is 48.5 Å². The zero-order chi connectivity index (χ0) is 22.6. The van der Waals surface area contributed by atoms with Gasteiger partial charge in [-0.25, -0.2) is 0 Å². The molecule has 0 aliphatic rings. The van der Waals surface area contributed by atoms with E-state index >= 15 is 0 Å². The van der Waals surface area contributed by atoms with E-state index in [4.69, 9.17) is 0 Å². The summed E-state index contributed by atoms with van der Waals surface area (Å²) in [5.74, 6) is 0. The highest BCUT2D eigenvalue weighted by molar-refractivity contribution is 6.12. The Morgan fingerprint density at radius 2 is 1.64 bits per heavy atom. The number of pyridine rings is 2. The van der Waals surface area contributed by atoms with Gasteiger partial charge in [0.05, 0.1) is 22.4 Å². The van der Waals surface area contributed by atoms with Crippen LogP contribution in [-0.2, 0) is 6.42 Å². The topological polar surface area (TPSA) is 43.1 Å². The summed E-state index contributed by atoms with van der Waals surface area (Å²) in [5, 5.41) is 2.49. The highest BCUT2D eigenvalue weighted by atomic mass is 15.0. The first-order valence-corrected chi connectivity index (χ1v) is 11.0. The fraction of sp³-hybridized carbons (Fsp3) is 0.0690. The van der Waals surface area contributed by atoms with E-state index in [1.165, 1.54) is 16.3 Å². The summed E-state index contributed by atoms with van der Waals surface area (Å²) >= 11 is 0. The number of hydrogen-bond acceptors (Lipinski definition) is 3. The Balaban J connectivity index is 1.78. The van der Waals surface area contributed by atoms with Gasteiger partial charge in [0.2, 0.25) is 0 Å². The Morgan fingerprint density at radius 1 is 0.879 bits per heavy atom. The van der Waals surface area contributed by atoms with E-state index in [0.29, 0.717) is 6.42 Å². The first-order chi connectivity index (χ1) is 16.3. The van der Waals surface area contributed by atoms with Crippen LogP contribution >= 0.6 is 0 Å². The van der Waals surface area contributed by atoms with Gasteiger partial charge in [0.15, 0.2) is 0 Å². The molecule has 2 aromatic carbocycles. The summed E-state index contributed by atoms with van der Waals surface area (Å²) in [6, 6.07) is 26.8. The molecule has 33 heavy (non-hydrogen) atoms. The van der Waals surface area contributed by atoms with E-state index in [2.05, 4.69) is 87.8 Å². The third-order valence-electron chi connectivity index (χ3n) is 5.79. The van der Waals surface area contributed by atoms with Crippen molar-refractivity contribution in [3.05, 3.63) is 120 Å². The Bertz CT molecular complexity index is 1490. The third-order valence-corrected chi connectivity index (χ3v) is 5.79. The number of nitrogens with zero attached hydrogens (tertiary/aromatic N) is 4. The van der Waals surface area contributed by atoms with Gasteiger partial charge in [-0.3, -0.25) is 15.0 Å². The van der Waals surface area contributed by atoms with Crippen molar-refractivity contribution >= 4 is 39.9 Å². The number of para-hydroxylation sites is 1. The second kappa shape index (κ2) is 9.05. The maximum absolute atomic E-state index is 4.51. The molecule has 0 bridgehead atoms. The molecule has 5 rings (SSSR count). The molecule has 0 unspecified atom stereocenters. The number of benzene rings is 2. The minimum Gasteiger partial charge on any atom is -0.309 e. The molecule has 0 saturated carbocycles. The Kier molecular flexibility index (Phi) is 5.64. The Labute approximate surface area is 193 Å². The molecular formula is C29H24N4. The molecule has 160 valence electrons. The van der Waals surface area contributed by atoms with Crippen LogP contribution in [0.5, 0.6) is 0 Å². The molecule has 3 aromatic heterocycles. The zero-order valence-electron chi connectivity index (χ0n) is 18.5. The minimum absolute atomic E-state index is 0.694. The maximum Gasteiger partial charge on any atom is 0.0899 e. The van der Waals surface area contributed by atoms with Crippen LogP contribution < -0.4 is 0 Å². The van der Waals surface area contributed by atoms with Crippen molar-refractivity contribution in [3.63, 3.8) is 0 Å². The predicted molar refractivity (Wildman–Crippen MR) is 138 cm³/mol. The lowest BCUT2D eigenvalue weighted by atomic mass is 10.1. The molecular weight excluding hydrogens is 404 g/mol. The summed E-state index contributed by atoms with van der Waals surface area (Å²) in [6.45, 7) is 5.99. The van der Waals surface area contributed by atoms with Crippen LogP contribution in [0.1, 0.15) is 17.0 Å². The summed E-state index contributed by atoms with van der Waals surface area (Å²) in [7, 11) is 0. The molecule has 4 nitrogen and oxygen atoms in total. The van der Waals surface area contributed by atoms with Crippen molar-refractivity contribution in [2.45, 2.75) is 13.3 Å². The number of rotatable bonds is 6. The second-order valence-electron chi connectivity index (χ2n) is 7.88. The Morgan fingerprint density at radius 3 is 2.39 bits per heavy atom. The van der Waals surface area contributed by atoms with Gasteiger partial charge >= 0.3 is 0 Å². The maximum atomic E-state index is 4.51. The van der Waals surface area contributed by atoms with Crippen molar-refractivity contribution in [2.75, 3.05) is 0 Å². The van der Waals surface area contributed by atoms with Crippen LogP contribution in [0.25, 0.3) is 33.2 Å². The molecule has 0 aliphatic heterocycles. The molecule has 0 N–H and O–H groups in total. The summed E-state index contributed by atoms with van der Waals surface area (Å²) < 4.78 is 2.30. The van der Waals surface area contributed by atoms with Gasteiger partial charge in [0, 0.05) is 41.0 Å². The standard InChI is InChI=1S/C29H24N4/c1-21-10-9-15-28-29(21)24-12-3-4-14-27(24)33(28)23(17-16-22-11-5-7-18-31-22)20-26(30-2)25-13-6-8-19-32-25/h3-15,17-20H,2,16H2,1H3/b23-17+,26-20-. The van der Waals surface area contributed by atoms with Gasteiger partial charge in [-0.05, 0) is 61.7 Å². The second-order valence-corrected chi connectivity index (χ2v) is 7.88. The molecule has 0 aliphatic carbocycles. The number of allylic oxidation sites excluding steroid dienone is 3. The lowest BCUT2D eigenvalue weighted by Crippen LogP contribution is -1.98. The highest BCUT2D eigenvalue weighted by Crippen LogP contribution is 2.35. The van der Waals surface area contributed by atoms with E-state index in [1.807, 2.05) is 42.6 Å². The molecule has 5 aromatic rings. The quantitative estimate of drug-likeness (QED) is 0.223. The largest absolute Gasteiger partial charge is 0.309 e. The van der Waals surface area contributed by atoms with Gasteiger partial charge in [0.25, 0.3) is 0 Å². The summed E-state index contributed by atoms with van der Waals surface area (Å²) in [4.78, 5) is 13.3. The molecule has 0 saturated heterocycles. The Hall–Kier alpha value is -4.31. The van der Waals surface area contributed by atoms with Gasteiger partial charge in [-0.15, -0.1) is 0 Å². The molecule has 4 heteroatoms. The average Bonchev–Trinajstić information content (AvgIpc) is 3.21. The third kappa shape index (κ3) is 3.99. The minimum atomic E-state index is 0.694. The van der Waals surface area contributed by atoms with Gasteiger partial charge in [-0.2, -0.15) is 0 Å². The lowest BCUT2D eigenvalue weighted by Gasteiger charge is -2.11. The number of aliphatic imine (C=N–C) groups is 1. The number of hydrogen-bond donors (Lipinski definition) is 0. The van der Waals surface area contributed by atoms with Crippen LogP contribution in [0, 0.1) is 6.92 Å². The smallest absolute Gasteiger partial charge is 0.0899 e. The monoisotopic (exact) mass is 428 g/mol. The van der Waals surface area contributed by atoms with E-state index in [9.17, 15) is 0 Å². The highest BCUT2D eigenvalue weighted by Gasteiger charge is 2.15. The number of aromatic nitrogens is 3. The van der Waals surface area contributed by atoms with E-state index < -0.39 is 0 Å². The number of aryl methyl sites for hydroxylation is 1. The van der Waals surface area contributed by atoms with Crippen LogP contribution in [0.4, 0.5) is 0 Å². The fourth-order valence-electron chi connectivity index (χ4n) is 4.27. The van der Waals surface area contributed by atoms with Crippen LogP contribution in [0.3, 0.4) is 0 Å². The summed E-state index contributed by atoms with van der Waals surface area (Å²) in [6.07, 6.45) is 8.55. The molecule has 0 fully saturated rings. The van der Waals surface area contributed by atoms with Crippen LogP contribution in [0.2, 0.25) is 0 Å². The van der Waals surface area contributed by atoms with Crippen molar-refractivity contribution in [1.82, 2.24) is 14.5 Å². The molecule has 3 heterocycles. The van der Waals surface area contributed by atoms with Crippen molar-refractivity contribution < 1.29 is 0 Å². The SMILES string of the molecule is C=N/C(=C\C(=C/Cc1ccccn1)n1c2ccccc2c2c(C)cccc21)c1ccccn1. The molecule has 0 atom stereocenters. The lowest BCUT2D eigenvalue weighted by molar-refractivity contribution is 1.10. The van der Waals surface area contributed by atoms with Crippen molar-refractivity contribution in [3.8, 4) is 0 Å². The predicted octanol–water partition coefficient (Wildman–Crippen LogP) is 6.72. The first kappa shape index (κ1) is 20.6. The van der Waals surface area contributed by atoms with E-state index in [1.54, 1.807) is 6.20 Å². The summed E-state index contributed by atoms with van der Waals surface area (Å²) in [5.41, 5.74) is 7.08. The van der Waals surface area contributed by atoms with E-state index in [0.717, 1.165) is 33.8 Å². The normalized spacial score (nSPS) is 12.4. The fourth-order valence-corrected chi connectivity index (χ4v) is 4.27. The van der Waals surface area contributed by atoms with Gasteiger partial charge in [0.1, 0.15) is 0 Å². The van der Waals surface area contributed by atoms with Crippen LogP contribution in [0.15, 0.2) is 108 Å². The van der Waals surface area contributed by atoms with Crippen molar-refractivity contribution in [1.29, 1.82) is 0 Å². The average molecular weight is 429 g/mol. The van der Waals surface area contributed by atoms with E-state index in [-0.39, 0.29) is 0 Å². The molecule has 0 amide bonds. The molecule has 0 spiro atoms. The van der Waals surface area contributed by atoms with Crippen molar-refractivity contribution in [2.24, 2.45) is 4.99 Å².